The van der Waals surface area contributed by atoms with Crippen LogP contribution >= 0.6 is 35.1 Å². The average molecular weight is 606 g/mol. The van der Waals surface area contributed by atoms with Crippen LogP contribution in [0.4, 0.5) is 5.13 Å². The fourth-order valence-corrected chi connectivity index (χ4v) is 6.90. The molecule has 2 atom stereocenters. The van der Waals surface area contributed by atoms with E-state index in [2.05, 4.69) is 19.8 Å². The number of aliphatic carboxylic acids is 1. The van der Waals surface area contributed by atoms with E-state index in [-0.39, 0.29) is 42.1 Å². The first-order valence-electron chi connectivity index (χ1n) is 12.1. The zero-order chi connectivity index (χ0) is 28.4. The van der Waals surface area contributed by atoms with Crippen LogP contribution in [0.25, 0.3) is 5.65 Å². The summed E-state index contributed by atoms with van der Waals surface area (Å²) < 4.78 is 7.87. The Hall–Kier alpha value is -3.67. The third-order valence-electron chi connectivity index (χ3n) is 6.05. The molecule has 0 aliphatic carbocycles. The van der Waals surface area contributed by atoms with Crippen LogP contribution < -0.4 is 15.6 Å². The summed E-state index contributed by atoms with van der Waals surface area (Å²) in [5.41, 5.74) is 6.72. The molecule has 2 aliphatic heterocycles. The van der Waals surface area contributed by atoms with Crippen molar-refractivity contribution in [1.29, 1.82) is 0 Å². The van der Waals surface area contributed by atoms with Crippen LogP contribution in [0.15, 0.2) is 52.0 Å². The highest BCUT2D eigenvalue weighted by Gasteiger charge is 2.54. The second kappa shape index (κ2) is 11.8. The number of anilines is 1. The molecule has 40 heavy (non-hydrogen) atoms. The SMILES string of the molecule is CCO/N=C(\C(=O)N[C@@H]1C(=O)N2C(C(=O)O)=C(C[n+]3ccn4c(SCCO)cccc43)CS[C@@H]12)c1nsc(N)n1. The second-order valence-electron chi connectivity index (χ2n) is 8.52. The lowest BCUT2D eigenvalue weighted by Gasteiger charge is -2.49. The summed E-state index contributed by atoms with van der Waals surface area (Å²) in [4.78, 5) is 48.8. The highest BCUT2D eigenvalue weighted by molar-refractivity contribution is 8.00. The number of carbonyl (C=O) groups excluding carboxylic acids is 2. The van der Waals surface area contributed by atoms with Gasteiger partial charge in [-0.1, -0.05) is 16.9 Å². The zero-order valence-electron chi connectivity index (χ0n) is 21.1. The first kappa shape index (κ1) is 27.9. The molecule has 3 aromatic rings. The van der Waals surface area contributed by atoms with Gasteiger partial charge in [-0.25, -0.2) is 9.36 Å². The number of nitrogens with zero attached hydrogens (tertiary/aromatic N) is 6. The van der Waals surface area contributed by atoms with E-state index in [4.69, 9.17) is 10.6 Å². The standard InChI is InChI=1S/C23H24N8O6S3/c1-2-37-27-15(18-26-23(24)40-28-18)19(33)25-16-20(34)31-17(22(35)36)12(11-39-21(16)31)10-29-6-7-30-13(29)4-3-5-14(30)38-9-8-32/h3-7,16,21,32H,2,8-11H2,1H3,(H3-,24,25,26,28,33,35,36)/p+1/b27-15-/t16-,21+/m1/s1. The monoisotopic (exact) mass is 605 g/mol. The maximum atomic E-state index is 13.2. The van der Waals surface area contributed by atoms with Crippen molar-refractivity contribution < 1.29 is 34.0 Å². The van der Waals surface area contributed by atoms with Crippen LogP contribution in [0.1, 0.15) is 12.7 Å². The van der Waals surface area contributed by atoms with Crippen LogP contribution in [0.2, 0.25) is 0 Å². The second-order valence-corrected chi connectivity index (χ2v) is 11.5. The summed E-state index contributed by atoms with van der Waals surface area (Å²) in [6, 6.07) is 4.78. The Morgan fingerprint density at radius 3 is 2.92 bits per heavy atom. The zero-order valence-corrected chi connectivity index (χ0v) is 23.5. The van der Waals surface area contributed by atoms with E-state index >= 15 is 0 Å². The van der Waals surface area contributed by atoms with Crippen LogP contribution in [0.5, 0.6) is 0 Å². The van der Waals surface area contributed by atoms with Gasteiger partial charge in [-0.3, -0.25) is 14.5 Å². The number of aromatic nitrogens is 4. The van der Waals surface area contributed by atoms with Crippen molar-refractivity contribution in [3.63, 3.8) is 0 Å². The Bertz CT molecular complexity index is 1540. The number of rotatable bonds is 11. The van der Waals surface area contributed by atoms with Gasteiger partial charge in [-0.15, -0.1) is 11.8 Å². The number of carbonyl (C=O) groups is 3. The number of imidazole rings is 1. The highest BCUT2D eigenvalue weighted by Crippen LogP contribution is 2.40. The van der Waals surface area contributed by atoms with Crippen molar-refractivity contribution in [2.45, 2.75) is 29.9 Å². The molecular weight excluding hydrogens is 581 g/mol. The number of aliphatic hydroxyl groups is 1. The van der Waals surface area contributed by atoms with Gasteiger partial charge in [0.2, 0.25) is 11.5 Å². The van der Waals surface area contributed by atoms with E-state index in [1.807, 2.05) is 39.6 Å². The Balaban J connectivity index is 1.36. The van der Waals surface area contributed by atoms with Crippen molar-refractivity contribution in [2.24, 2.45) is 5.16 Å². The minimum atomic E-state index is -1.22. The smallest absolute Gasteiger partial charge is 0.352 e. The number of pyridine rings is 1. The fourth-order valence-electron chi connectivity index (χ4n) is 4.36. The maximum Gasteiger partial charge on any atom is 0.352 e. The largest absolute Gasteiger partial charge is 0.477 e. The Kier molecular flexibility index (Phi) is 8.24. The number of nitrogens with two attached hydrogens (primary N) is 1. The quantitative estimate of drug-likeness (QED) is 0.0753. The Labute approximate surface area is 240 Å². The number of oxime groups is 1. The number of aliphatic hydroxyl groups excluding tert-OH is 1. The summed E-state index contributed by atoms with van der Waals surface area (Å²) in [5.74, 6) is -1.64. The van der Waals surface area contributed by atoms with Crippen molar-refractivity contribution in [1.82, 2.24) is 24.0 Å². The van der Waals surface area contributed by atoms with Crippen LogP contribution in [0, 0.1) is 0 Å². The molecule has 0 spiro atoms. The Morgan fingerprint density at radius 2 is 2.23 bits per heavy atom. The number of fused-ring (bicyclic) bond motifs is 2. The summed E-state index contributed by atoms with van der Waals surface area (Å²) in [6.45, 7) is 2.20. The van der Waals surface area contributed by atoms with Gasteiger partial charge in [0, 0.05) is 34.7 Å². The molecule has 5 heterocycles. The van der Waals surface area contributed by atoms with E-state index < -0.39 is 29.2 Å². The molecule has 2 aliphatic rings. The lowest BCUT2D eigenvalue weighted by Crippen LogP contribution is -2.71. The molecule has 0 radical (unpaired) electrons. The van der Waals surface area contributed by atoms with Gasteiger partial charge < -0.3 is 26.1 Å². The predicted octanol–water partition coefficient (Wildman–Crippen LogP) is -0.0757. The van der Waals surface area contributed by atoms with Gasteiger partial charge >= 0.3 is 5.97 Å². The van der Waals surface area contributed by atoms with Crippen molar-refractivity contribution in [2.75, 3.05) is 30.5 Å². The van der Waals surface area contributed by atoms with Crippen molar-refractivity contribution in [3.8, 4) is 0 Å². The molecular formula is C23H25N8O6S3+. The van der Waals surface area contributed by atoms with Crippen LogP contribution in [-0.4, -0.2) is 88.5 Å². The van der Waals surface area contributed by atoms with E-state index in [0.717, 1.165) is 22.2 Å². The molecule has 1 saturated heterocycles. The molecule has 5 rings (SSSR count). The first-order valence-corrected chi connectivity index (χ1v) is 14.9. The Morgan fingerprint density at radius 1 is 1.40 bits per heavy atom. The summed E-state index contributed by atoms with van der Waals surface area (Å²) in [6.07, 6.45) is 3.72. The molecule has 210 valence electrons. The molecule has 2 amide bonds. The normalized spacial score (nSPS) is 19.0. The van der Waals surface area contributed by atoms with Gasteiger partial charge in [0.1, 0.15) is 42.7 Å². The van der Waals surface area contributed by atoms with Gasteiger partial charge in [-0.05, 0) is 19.1 Å². The third-order valence-corrected chi connectivity index (χ3v) is 8.95. The van der Waals surface area contributed by atoms with Gasteiger partial charge in [-0.2, -0.15) is 13.8 Å². The molecule has 0 saturated carbocycles. The third kappa shape index (κ3) is 5.24. The lowest BCUT2D eigenvalue weighted by atomic mass is 10.0. The molecule has 0 aromatic carbocycles. The van der Waals surface area contributed by atoms with Crippen LogP contribution in [0.3, 0.4) is 0 Å². The lowest BCUT2D eigenvalue weighted by molar-refractivity contribution is -0.662. The minimum absolute atomic E-state index is 0.0310. The van der Waals surface area contributed by atoms with Gasteiger partial charge in [0.15, 0.2) is 10.2 Å². The van der Waals surface area contributed by atoms with E-state index in [9.17, 15) is 24.6 Å². The van der Waals surface area contributed by atoms with Crippen LogP contribution in [-0.2, 0) is 25.8 Å². The molecule has 14 nitrogen and oxygen atoms in total. The number of carboxylic acid groups (broad SMARTS) is 1. The number of nitrogens with one attached hydrogen (secondary N) is 1. The molecule has 17 heteroatoms. The fraction of sp³-hybridized carbons (Fsp3) is 0.348. The number of amides is 2. The van der Waals surface area contributed by atoms with E-state index in [1.165, 1.54) is 28.4 Å². The highest BCUT2D eigenvalue weighted by atomic mass is 32.2. The summed E-state index contributed by atoms with van der Waals surface area (Å²) >= 11 is 3.76. The molecule has 1 fully saturated rings. The number of carboxylic acids is 1. The molecule has 5 N–H and O–H groups in total. The summed E-state index contributed by atoms with van der Waals surface area (Å²) in [5, 5.41) is 26.2. The number of β-lactam (4-membered cyclic amide) rings is 1. The van der Waals surface area contributed by atoms with Crippen molar-refractivity contribution >= 4 is 69.3 Å². The number of hydrogen-bond acceptors (Lipinski definition) is 12. The molecule has 0 unspecified atom stereocenters. The minimum Gasteiger partial charge on any atom is -0.477 e. The molecule has 0 bridgehead atoms. The first-order chi connectivity index (χ1) is 19.3. The summed E-state index contributed by atoms with van der Waals surface area (Å²) in [7, 11) is 0. The number of thioether (sulfide) groups is 2. The van der Waals surface area contributed by atoms with E-state index in [0.29, 0.717) is 17.1 Å². The van der Waals surface area contributed by atoms with Crippen molar-refractivity contribution in [3.05, 3.63) is 47.7 Å². The van der Waals surface area contributed by atoms with Gasteiger partial charge in [0.05, 0.1) is 6.61 Å². The predicted molar refractivity (Wildman–Crippen MR) is 148 cm³/mol. The van der Waals surface area contributed by atoms with E-state index in [1.54, 1.807) is 6.92 Å². The number of nitrogen functional groups attached to an aromatic ring is 1. The topological polar surface area (TPSA) is 189 Å². The number of hydrogen-bond donors (Lipinski definition) is 4. The van der Waals surface area contributed by atoms with Gasteiger partial charge in [0.25, 0.3) is 17.5 Å². The maximum absolute atomic E-state index is 13.2. The average Bonchev–Trinajstić information content (AvgIpc) is 3.56. The molecule has 3 aromatic heterocycles.